The Labute approximate surface area is 149 Å². The van der Waals surface area contributed by atoms with Crippen molar-refractivity contribution < 1.29 is 19.0 Å². The minimum absolute atomic E-state index is 0.156. The highest BCUT2D eigenvalue weighted by atomic mass is 16.7. The van der Waals surface area contributed by atoms with Gasteiger partial charge < -0.3 is 14.2 Å². The molecule has 3 heterocycles. The van der Waals surface area contributed by atoms with E-state index in [2.05, 4.69) is 17.2 Å². The third kappa shape index (κ3) is 2.52. The first-order valence-electron chi connectivity index (χ1n) is 9.61. The van der Waals surface area contributed by atoms with E-state index in [1.54, 1.807) is 7.11 Å². The molecule has 25 heavy (non-hydrogen) atoms. The molecule has 0 amide bonds. The number of methoxy groups -OCH3 is 1. The second-order valence-electron chi connectivity index (χ2n) is 8.02. The SMILES string of the molecule is COc1ccccc1[C@@H]1C[C@H]2CC3(COC4(CCCCC4)OC3)N1O2. The quantitative estimate of drug-likeness (QED) is 0.819. The van der Waals surface area contributed by atoms with Gasteiger partial charge in [0.2, 0.25) is 0 Å². The highest BCUT2D eigenvalue weighted by molar-refractivity contribution is 5.37. The third-order valence-electron chi connectivity index (χ3n) is 6.43. The number of benzene rings is 1. The Balaban J connectivity index is 1.38. The molecule has 0 aromatic heterocycles. The third-order valence-corrected chi connectivity index (χ3v) is 6.43. The van der Waals surface area contributed by atoms with Gasteiger partial charge in [-0.1, -0.05) is 24.6 Å². The van der Waals surface area contributed by atoms with Crippen molar-refractivity contribution in [2.24, 2.45) is 0 Å². The second-order valence-corrected chi connectivity index (χ2v) is 8.02. The van der Waals surface area contributed by atoms with Crippen molar-refractivity contribution in [2.75, 3.05) is 20.3 Å². The van der Waals surface area contributed by atoms with Gasteiger partial charge in [-0.3, -0.25) is 4.84 Å². The van der Waals surface area contributed by atoms with Crippen LogP contribution in [0.5, 0.6) is 5.75 Å². The monoisotopic (exact) mass is 345 g/mol. The molecule has 1 aromatic carbocycles. The van der Waals surface area contributed by atoms with Gasteiger partial charge in [0.1, 0.15) is 5.75 Å². The van der Waals surface area contributed by atoms with Crippen molar-refractivity contribution in [3.63, 3.8) is 0 Å². The highest BCUT2D eigenvalue weighted by Gasteiger charge is 2.60. The first-order valence-corrected chi connectivity index (χ1v) is 9.61. The smallest absolute Gasteiger partial charge is 0.168 e. The molecule has 5 rings (SSSR count). The summed E-state index contributed by atoms with van der Waals surface area (Å²) in [5.74, 6) is 0.604. The summed E-state index contributed by atoms with van der Waals surface area (Å²) in [6.45, 7) is 1.41. The number of rotatable bonds is 2. The number of hydrogen-bond acceptors (Lipinski definition) is 5. The van der Waals surface area contributed by atoms with E-state index < -0.39 is 0 Å². The van der Waals surface area contributed by atoms with E-state index in [0.717, 1.165) is 31.4 Å². The van der Waals surface area contributed by atoms with Gasteiger partial charge in [-0.05, 0) is 25.3 Å². The summed E-state index contributed by atoms with van der Waals surface area (Å²) in [5, 5.41) is 2.17. The lowest BCUT2D eigenvalue weighted by molar-refractivity contribution is -0.334. The topological polar surface area (TPSA) is 40.2 Å². The van der Waals surface area contributed by atoms with Gasteiger partial charge in [0.25, 0.3) is 0 Å². The summed E-state index contributed by atoms with van der Waals surface area (Å²) in [6.07, 6.45) is 8.03. The molecule has 136 valence electrons. The Bertz CT molecular complexity index is 632. The molecule has 1 unspecified atom stereocenters. The molecule has 1 saturated carbocycles. The van der Waals surface area contributed by atoms with E-state index in [4.69, 9.17) is 19.0 Å². The number of fused-ring (bicyclic) bond motifs is 3. The molecule has 3 saturated heterocycles. The van der Waals surface area contributed by atoms with E-state index in [-0.39, 0.29) is 23.5 Å². The summed E-state index contributed by atoms with van der Waals surface area (Å²) >= 11 is 0. The number of nitrogens with zero attached hydrogens (tertiary/aromatic N) is 1. The predicted molar refractivity (Wildman–Crippen MR) is 92.1 cm³/mol. The molecular weight excluding hydrogens is 318 g/mol. The lowest BCUT2D eigenvalue weighted by Crippen LogP contribution is -2.60. The van der Waals surface area contributed by atoms with Gasteiger partial charge in [-0.2, -0.15) is 5.06 Å². The summed E-state index contributed by atoms with van der Waals surface area (Å²) in [4.78, 5) is 6.23. The van der Waals surface area contributed by atoms with Crippen LogP contribution in [0.3, 0.4) is 0 Å². The van der Waals surface area contributed by atoms with Gasteiger partial charge >= 0.3 is 0 Å². The van der Waals surface area contributed by atoms with E-state index in [1.165, 1.54) is 24.8 Å². The van der Waals surface area contributed by atoms with Crippen LogP contribution in [-0.2, 0) is 14.3 Å². The van der Waals surface area contributed by atoms with Crippen LogP contribution in [0.1, 0.15) is 56.6 Å². The van der Waals surface area contributed by atoms with E-state index >= 15 is 0 Å². The predicted octanol–water partition coefficient (Wildman–Crippen LogP) is 3.59. The van der Waals surface area contributed by atoms with Crippen molar-refractivity contribution in [2.45, 2.75) is 68.4 Å². The fraction of sp³-hybridized carbons (Fsp3) is 0.700. The zero-order valence-corrected chi connectivity index (χ0v) is 14.9. The van der Waals surface area contributed by atoms with Crippen LogP contribution in [0.2, 0.25) is 0 Å². The van der Waals surface area contributed by atoms with E-state index in [1.807, 2.05) is 12.1 Å². The Morgan fingerprint density at radius 2 is 1.84 bits per heavy atom. The van der Waals surface area contributed by atoms with Crippen LogP contribution in [0, 0.1) is 0 Å². The van der Waals surface area contributed by atoms with Gasteiger partial charge in [0, 0.05) is 24.8 Å². The van der Waals surface area contributed by atoms with Crippen LogP contribution in [0.25, 0.3) is 0 Å². The number of para-hydroxylation sites is 1. The highest BCUT2D eigenvalue weighted by Crippen LogP contribution is 2.53. The molecule has 4 aliphatic rings. The van der Waals surface area contributed by atoms with E-state index in [9.17, 15) is 0 Å². The molecular formula is C20H27NO4. The van der Waals surface area contributed by atoms with Crippen LogP contribution in [0.15, 0.2) is 24.3 Å². The molecule has 3 aliphatic heterocycles. The van der Waals surface area contributed by atoms with Crippen molar-refractivity contribution >= 4 is 0 Å². The summed E-state index contributed by atoms with van der Waals surface area (Å²) < 4.78 is 18.3. The van der Waals surface area contributed by atoms with Crippen LogP contribution in [0.4, 0.5) is 0 Å². The fourth-order valence-corrected chi connectivity index (χ4v) is 5.13. The number of ether oxygens (including phenoxy) is 3. The zero-order chi connectivity index (χ0) is 16.9. The molecule has 1 aliphatic carbocycles. The molecule has 0 N–H and O–H groups in total. The maximum atomic E-state index is 6.36. The van der Waals surface area contributed by atoms with Crippen molar-refractivity contribution in [1.82, 2.24) is 5.06 Å². The van der Waals surface area contributed by atoms with E-state index in [0.29, 0.717) is 13.2 Å². The summed E-state index contributed by atoms with van der Waals surface area (Å²) in [7, 11) is 1.73. The van der Waals surface area contributed by atoms with Gasteiger partial charge in [-0.25, -0.2) is 0 Å². The molecule has 0 radical (unpaired) electrons. The molecule has 5 nitrogen and oxygen atoms in total. The summed E-state index contributed by atoms with van der Waals surface area (Å²) in [6, 6.07) is 8.47. The molecule has 2 bridgehead atoms. The maximum Gasteiger partial charge on any atom is 0.168 e. The normalized spacial score (nSPS) is 35.3. The van der Waals surface area contributed by atoms with Gasteiger partial charge in [0.05, 0.1) is 38.0 Å². The van der Waals surface area contributed by atoms with Crippen molar-refractivity contribution in [1.29, 1.82) is 0 Å². The average molecular weight is 345 g/mol. The lowest BCUT2D eigenvalue weighted by atomic mass is 9.83. The van der Waals surface area contributed by atoms with Crippen LogP contribution in [-0.4, -0.2) is 42.8 Å². The lowest BCUT2D eigenvalue weighted by Gasteiger charge is -2.50. The molecule has 4 fully saturated rings. The minimum Gasteiger partial charge on any atom is -0.496 e. The van der Waals surface area contributed by atoms with Gasteiger partial charge in [-0.15, -0.1) is 0 Å². The Morgan fingerprint density at radius 1 is 1.08 bits per heavy atom. The van der Waals surface area contributed by atoms with Crippen LogP contribution < -0.4 is 4.74 Å². The summed E-state index contributed by atoms with van der Waals surface area (Å²) in [5.41, 5.74) is 1.04. The minimum atomic E-state index is -0.327. The number of hydroxylamine groups is 2. The second kappa shape index (κ2) is 5.95. The standard InChI is InChI=1S/C20H27NO4/c1-22-18-8-4-3-7-16(18)17-11-15-12-19(21(17)25-15)13-23-20(24-14-19)9-5-2-6-10-20/h3-4,7-8,15,17H,2,5-6,9-14H2,1H3/t15-,17-/m0/s1. The van der Waals surface area contributed by atoms with Crippen LogP contribution >= 0.6 is 0 Å². The molecule has 5 heteroatoms. The number of hydrogen-bond donors (Lipinski definition) is 0. The molecule has 1 aromatic rings. The first-order chi connectivity index (χ1) is 12.2. The Kier molecular flexibility index (Phi) is 3.82. The Hall–Kier alpha value is -1.14. The average Bonchev–Trinajstić information content (AvgIpc) is 3.24. The fourth-order valence-electron chi connectivity index (χ4n) is 5.13. The van der Waals surface area contributed by atoms with Crippen molar-refractivity contribution in [3.05, 3.63) is 29.8 Å². The van der Waals surface area contributed by atoms with Crippen molar-refractivity contribution in [3.8, 4) is 5.75 Å². The van der Waals surface area contributed by atoms with Gasteiger partial charge in [0.15, 0.2) is 5.79 Å². The Morgan fingerprint density at radius 3 is 2.56 bits per heavy atom. The maximum absolute atomic E-state index is 6.36. The largest absolute Gasteiger partial charge is 0.496 e. The number of piperidine rings is 1. The first kappa shape index (κ1) is 16.1. The molecule has 3 atom stereocenters. The molecule has 2 spiro atoms. The zero-order valence-electron chi connectivity index (χ0n) is 14.9.